The van der Waals surface area contributed by atoms with Crippen molar-refractivity contribution in [1.82, 2.24) is 5.32 Å². The predicted molar refractivity (Wildman–Crippen MR) is 83.5 cm³/mol. The van der Waals surface area contributed by atoms with Crippen LogP contribution >= 0.6 is 0 Å². The molecule has 0 aliphatic carbocycles. The summed E-state index contributed by atoms with van der Waals surface area (Å²) < 4.78 is 50.4. The van der Waals surface area contributed by atoms with Gasteiger partial charge in [0.05, 0.1) is 12.1 Å². The average molecular weight is 354 g/mol. The topological polar surface area (TPSA) is 58.2 Å². The van der Waals surface area contributed by atoms with E-state index in [1.165, 1.54) is 18.2 Å². The van der Waals surface area contributed by atoms with Crippen molar-refractivity contribution in [2.24, 2.45) is 0 Å². The Bertz CT molecular complexity index is 786. The van der Waals surface area contributed by atoms with Crippen LogP contribution in [0.1, 0.15) is 21.5 Å². The molecule has 0 atom stereocenters. The number of carbonyl (C=O) groups excluding carboxylic acids is 2. The van der Waals surface area contributed by atoms with E-state index in [9.17, 15) is 27.2 Å². The Morgan fingerprint density at radius 3 is 2.24 bits per heavy atom. The van der Waals surface area contributed by atoms with Crippen LogP contribution in [0.25, 0.3) is 0 Å². The van der Waals surface area contributed by atoms with Crippen molar-refractivity contribution in [3.63, 3.8) is 0 Å². The highest BCUT2D eigenvalue weighted by atomic mass is 19.4. The second-order valence-corrected chi connectivity index (χ2v) is 5.27. The summed E-state index contributed by atoms with van der Waals surface area (Å²) in [5.74, 6) is -1.67. The minimum atomic E-state index is -4.48. The van der Waals surface area contributed by atoms with Crippen molar-refractivity contribution < 1.29 is 27.2 Å². The monoisotopic (exact) mass is 354 g/mol. The molecule has 0 fully saturated rings. The number of aryl methyl sites for hydroxylation is 1. The second-order valence-electron chi connectivity index (χ2n) is 5.27. The summed E-state index contributed by atoms with van der Waals surface area (Å²) >= 11 is 0. The molecule has 25 heavy (non-hydrogen) atoms. The molecule has 0 saturated heterocycles. The summed E-state index contributed by atoms with van der Waals surface area (Å²) in [4.78, 5) is 23.7. The van der Waals surface area contributed by atoms with Gasteiger partial charge in [-0.2, -0.15) is 13.2 Å². The lowest BCUT2D eigenvalue weighted by Crippen LogP contribution is -2.33. The van der Waals surface area contributed by atoms with Crippen LogP contribution in [0.4, 0.5) is 23.2 Å². The largest absolute Gasteiger partial charge is 0.416 e. The number of hydrogen-bond donors (Lipinski definition) is 2. The Morgan fingerprint density at radius 1 is 1.04 bits per heavy atom. The molecule has 0 bridgehead atoms. The molecule has 0 heterocycles. The molecule has 0 spiro atoms. The molecule has 2 rings (SSSR count). The van der Waals surface area contributed by atoms with Crippen molar-refractivity contribution in [2.45, 2.75) is 13.1 Å². The van der Waals surface area contributed by atoms with E-state index in [2.05, 4.69) is 10.6 Å². The first-order chi connectivity index (χ1) is 11.7. The van der Waals surface area contributed by atoms with E-state index in [4.69, 9.17) is 0 Å². The third-order valence-electron chi connectivity index (χ3n) is 3.35. The van der Waals surface area contributed by atoms with E-state index in [0.29, 0.717) is 11.3 Å². The van der Waals surface area contributed by atoms with Crippen LogP contribution in [0.15, 0.2) is 42.5 Å². The number of amides is 2. The summed E-state index contributed by atoms with van der Waals surface area (Å²) in [6.45, 7) is 1.23. The SMILES string of the molecule is Cc1cc(F)ccc1NC(=O)CNC(=O)c1ccc(C(F)(F)F)cc1. The summed E-state index contributed by atoms with van der Waals surface area (Å²) in [6.07, 6.45) is -4.48. The molecule has 8 heteroatoms. The molecule has 2 aromatic rings. The second kappa shape index (κ2) is 7.33. The van der Waals surface area contributed by atoms with E-state index >= 15 is 0 Å². The standard InChI is InChI=1S/C17H14F4N2O2/c1-10-8-13(18)6-7-14(10)23-15(24)9-22-16(25)11-2-4-12(5-3-11)17(19,20)21/h2-8H,9H2,1H3,(H,22,25)(H,23,24). The van der Waals surface area contributed by atoms with Gasteiger partial charge in [-0.05, 0) is 55.0 Å². The first-order valence-corrected chi connectivity index (χ1v) is 7.18. The van der Waals surface area contributed by atoms with Crippen LogP contribution in [0.5, 0.6) is 0 Å². The molecule has 2 amide bonds. The number of rotatable bonds is 4. The Hall–Kier alpha value is -2.90. The third-order valence-corrected chi connectivity index (χ3v) is 3.35. The van der Waals surface area contributed by atoms with Gasteiger partial charge in [-0.1, -0.05) is 0 Å². The van der Waals surface area contributed by atoms with Gasteiger partial charge in [0.25, 0.3) is 5.91 Å². The molecule has 0 aliphatic rings. The summed E-state index contributed by atoms with van der Waals surface area (Å²) in [6, 6.07) is 7.45. The first-order valence-electron chi connectivity index (χ1n) is 7.18. The van der Waals surface area contributed by atoms with Crippen LogP contribution in [0, 0.1) is 12.7 Å². The maximum absolute atomic E-state index is 13.0. The van der Waals surface area contributed by atoms with E-state index < -0.39 is 29.4 Å². The minimum Gasteiger partial charge on any atom is -0.343 e. The summed E-state index contributed by atoms with van der Waals surface area (Å²) in [7, 11) is 0. The zero-order chi connectivity index (χ0) is 18.6. The highest BCUT2D eigenvalue weighted by Gasteiger charge is 2.30. The van der Waals surface area contributed by atoms with Crippen molar-refractivity contribution in [3.05, 3.63) is 65.0 Å². The van der Waals surface area contributed by atoms with Gasteiger partial charge in [0.15, 0.2) is 0 Å². The molecule has 0 unspecified atom stereocenters. The Labute approximate surface area is 140 Å². The number of benzene rings is 2. The van der Waals surface area contributed by atoms with Crippen LogP contribution in [-0.2, 0) is 11.0 Å². The maximum atomic E-state index is 13.0. The summed E-state index contributed by atoms with van der Waals surface area (Å²) in [5.41, 5.74) is 0.0462. The number of alkyl halides is 3. The molecule has 0 saturated carbocycles. The molecule has 2 aromatic carbocycles. The van der Waals surface area contributed by atoms with Gasteiger partial charge in [0.2, 0.25) is 5.91 Å². The van der Waals surface area contributed by atoms with E-state index in [0.717, 1.165) is 24.3 Å². The fourth-order valence-electron chi connectivity index (χ4n) is 2.03. The van der Waals surface area contributed by atoms with Crippen LogP contribution < -0.4 is 10.6 Å². The van der Waals surface area contributed by atoms with Gasteiger partial charge in [0, 0.05) is 11.3 Å². The molecule has 0 radical (unpaired) electrons. The van der Waals surface area contributed by atoms with Crippen molar-refractivity contribution in [3.8, 4) is 0 Å². The minimum absolute atomic E-state index is 0.00115. The zero-order valence-corrected chi connectivity index (χ0v) is 13.1. The quantitative estimate of drug-likeness (QED) is 0.826. The molecule has 2 N–H and O–H groups in total. The molecular weight excluding hydrogens is 340 g/mol. The van der Waals surface area contributed by atoms with Crippen molar-refractivity contribution >= 4 is 17.5 Å². The van der Waals surface area contributed by atoms with Crippen molar-refractivity contribution in [2.75, 3.05) is 11.9 Å². The lowest BCUT2D eigenvalue weighted by molar-refractivity contribution is -0.137. The average Bonchev–Trinajstić information content (AvgIpc) is 2.54. The third kappa shape index (κ3) is 5.03. The van der Waals surface area contributed by atoms with Crippen molar-refractivity contribution in [1.29, 1.82) is 0 Å². The van der Waals surface area contributed by atoms with E-state index in [-0.39, 0.29) is 12.1 Å². The number of carbonyl (C=O) groups is 2. The van der Waals surface area contributed by atoms with E-state index in [1.54, 1.807) is 6.92 Å². The molecule has 4 nitrogen and oxygen atoms in total. The van der Waals surface area contributed by atoms with Gasteiger partial charge in [0.1, 0.15) is 5.82 Å². The number of hydrogen-bond acceptors (Lipinski definition) is 2. The molecule has 0 aromatic heterocycles. The number of anilines is 1. The van der Waals surface area contributed by atoms with Gasteiger partial charge < -0.3 is 10.6 Å². The Morgan fingerprint density at radius 2 is 1.68 bits per heavy atom. The van der Waals surface area contributed by atoms with Gasteiger partial charge in [-0.15, -0.1) is 0 Å². The zero-order valence-electron chi connectivity index (χ0n) is 13.1. The van der Waals surface area contributed by atoms with Crippen LogP contribution in [-0.4, -0.2) is 18.4 Å². The fraction of sp³-hybridized carbons (Fsp3) is 0.176. The maximum Gasteiger partial charge on any atom is 0.416 e. The lowest BCUT2D eigenvalue weighted by atomic mass is 10.1. The molecule has 132 valence electrons. The first kappa shape index (κ1) is 18.4. The highest BCUT2D eigenvalue weighted by Crippen LogP contribution is 2.29. The number of halogens is 4. The van der Waals surface area contributed by atoms with E-state index in [1.807, 2.05) is 0 Å². The lowest BCUT2D eigenvalue weighted by Gasteiger charge is -2.10. The predicted octanol–water partition coefficient (Wildman–Crippen LogP) is 3.52. The van der Waals surface area contributed by atoms with Gasteiger partial charge in [-0.25, -0.2) is 4.39 Å². The van der Waals surface area contributed by atoms with Crippen LogP contribution in [0.2, 0.25) is 0 Å². The summed E-state index contributed by atoms with van der Waals surface area (Å²) in [5, 5.41) is 4.81. The Balaban J connectivity index is 1.92. The van der Waals surface area contributed by atoms with Crippen LogP contribution in [0.3, 0.4) is 0 Å². The normalized spacial score (nSPS) is 11.1. The fourth-order valence-corrected chi connectivity index (χ4v) is 2.03. The molecule has 0 aliphatic heterocycles. The Kier molecular flexibility index (Phi) is 5.41. The van der Waals surface area contributed by atoms with Gasteiger partial charge in [-0.3, -0.25) is 9.59 Å². The smallest absolute Gasteiger partial charge is 0.343 e. The highest BCUT2D eigenvalue weighted by molar-refractivity contribution is 5.99. The molecular formula is C17H14F4N2O2. The van der Waals surface area contributed by atoms with Gasteiger partial charge >= 0.3 is 6.18 Å². The number of nitrogens with one attached hydrogen (secondary N) is 2.